The number of ether oxygens (including phenoxy) is 1. The number of ketones is 1. The number of aromatic nitrogens is 1. The number of carbonyl (C=O) groups is 1. The monoisotopic (exact) mass is 322 g/mol. The second kappa shape index (κ2) is 7.97. The van der Waals surface area contributed by atoms with E-state index < -0.39 is 0 Å². The van der Waals surface area contributed by atoms with E-state index in [1.807, 2.05) is 39.1 Å². The predicted molar refractivity (Wildman–Crippen MR) is 91.4 cm³/mol. The first-order chi connectivity index (χ1) is 10.4. The van der Waals surface area contributed by atoms with Crippen molar-refractivity contribution in [2.24, 2.45) is 5.92 Å². The van der Waals surface area contributed by atoms with Crippen LogP contribution in [0.5, 0.6) is 5.88 Å². The minimum atomic E-state index is 0.107. The number of Topliss-reactive ketones (excluding diaryl/α,β-unsaturated/α-hetero) is 1. The lowest BCUT2D eigenvalue weighted by atomic mass is 9.89. The first-order valence-corrected chi connectivity index (χ1v) is 8.54. The Hall–Kier alpha value is -1.07. The van der Waals surface area contributed by atoms with Crippen molar-refractivity contribution >= 4 is 18.4 Å². The highest BCUT2D eigenvalue weighted by Gasteiger charge is 2.31. The molecular formula is C17H26N2O2S. The average Bonchev–Trinajstić information content (AvgIpc) is 2.43. The van der Waals surface area contributed by atoms with Gasteiger partial charge in [-0.2, -0.15) is 12.6 Å². The standard InChI is InChI=1S/C17H26N2O2S/c1-11(2)16(20)6-4-13-5-7-17(18-10-13)21-15-8-14(9-15)19-12(3)22/h5,7,10-12,14-15,19,22H,4,6,8-9H2,1-3H3/t12?,14-,15+. The zero-order valence-corrected chi connectivity index (χ0v) is 14.5. The van der Waals surface area contributed by atoms with Crippen LogP contribution >= 0.6 is 12.6 Å². The zero-order valence-electron chi connectivity index (χ0n) is 13.6. The van der Waals surface area contributed by atoms with Gasteiger partial charge in [0.2, 0.25) is 5.88 Å². The van der Waals surface area contributed by atoms with Crippen molar-refractivity contribution in [2.75, 3.05) is 0 Å². The SMILES string of the molecule is CC(S)N[C@H]1C[C@@H](Oc2ccc(CCC(=O)C(C)C)cn2)C1. The molecule has 1 aromatic heterocycles. The summed E-state index contributed by atoms with van der Waals surface area (Å²) < 4.78 is 5.84. The number of pyridine rings is 1. The number of rotatable bonds is 8. The Bertz CT molecular complexity index is 482. The van der Waals surface area contributed by atoms with Crippen LogP contribution in [0.25, 0.3) is 0 Å². The molecule has 1 fully saturated rings. The maximum Gasteiger partial charge on any atom is 0.213 e. The Balaban J connectivity index is 1.72. The molecule has 1 unspecified atom stereocenters. The molecule has 0 radical (unpaired) electrons. The molecule has 1 aromatic rings. The van der Waals surface area contributed by atoms with Crippen molar-refractivity contribution in [1.82, 2.24) is 10.3 Å². The smallest absolute Gasteiger partial charge is 0.213 e. The van der Waals surface area contributed by atoms with Gasteiger partial charge in [0.25, 0.3) is 0 Å². The summed E-state index contributed by atoms with van der Waals surface area (Å²) >= 11 is 4.32. The quantitative estimate of drug-likeness (QED) is 0.571. The molecule has 1 saturated carbocycles. The molecule has 4 nitrogen and oxygen atoms in total. The van der Waals surface area contributed by atoms with Crippen molar-refractivity contribution in [1.29, 1.82) is 0 Å². The molecule has 0 spiro atoms. The van der Waals surface area contributed by atoms with Gasteiger partial charge in [-0.3, -0.25) is 4.79 Å². The molecule has 1 aliphatic rings. The average molecular weight is 322 g/mol. The van der Waals surface area contributed by atoms with Gasteiger partial charge in [-0.15, -0.1) is 0 Å². The molecule has 1 heterocycles. The van der Waals surface area contributed by atoms with Gasteiger partial charge in [0.05, 0.1) is 0 Å². The lowest BCUT2D eigenvalue weighted by Gasteiger charge is -2.36. The maximum atomic E-state index is 11.6. The van der Waals surface area contributed by atoms with Crippen LogP contribution in [-0.2, 0) is 11.2 Å². The van der Waals surface area contributed by atoms with Crippen molar-refractivity contribution < 1.29 is 9.53 Å². The molecule has 0 bridgehead atoms. The molecule has 1 aliphatic carbocycles. The van der Waals surface area contributed by atoms with Gasteiger partial charge in [-0.1, -0.05) is 19.9 Å². The second-order valence-electron chi connectivity index (χ2n) is 6.38. The van der Waals surface area contributed by atoms with E-state index in [0.29, 0.717) is 24.1 Å². The third-order valence-electron chi connectivity index (χ3n) is 3.96. The van der Waals surface area contributed by atoms with Crippen LogP contribution in [0, 0.1) is 5.92 Å². The van der Waals surface area contributed by atoms with Crippen LogP contribution in [0.2, 0.25) is 0 Å². The van der Waals surface area contributed by atoms with E-state index >= 15 is 0 Å². The van der Waals surface area contributed by atoms with E-state index in [2.05, 4.69) is 22.9 Å². The van der Waals surface area contributed by atoms with Crippen LogP contribution in [0.4, 0.5) is 0 Å². The molecule has 122 valence electrons. The molecule has 0 amide bonds. The topological polar surface area (TPSA) is 51.2 Å². The molecule has 2 rings (SSSR count). The van der Waals surface area contributed by atoms with Gasteiger partial charge in [-0.05, 0) is 31.7 Å². The number of hydrogen-bond acceptors (Lipinski definition) is 5. The number of nitrogens with zero attached hydrogens (tertiary/aromatic N) is 1. The van der Waals surface area contributed by atoms with Gasteiger partial charge in [0, 0.05) is 36.0 Å². The number of aryl methyl sites for hydroxylation is 1. The Kier molecular flexibility index (Phi) is 6.26. The minimum absolute atomic E-state index is 0.107. The van der Waals surface area contributed by atoms with Crippen LogP contribution in [0.3, 0.4) is 0 Å². The van der Waals surface area contributed by atoms with Crippen molar-refractivity contribution in [3.63, 3.8) is 0 Å². The summed E-state index contributed by atoms with van der Waals surface area (Å²) in [5.74, 6) is 1.07. The van der Waals surface area contributed by atoms with Gasteiger partial charge in [-0.25, -0.2) is 4.98 Å². The van der Waals surface area contributed by atoms with Gasteiger partial charge in [0.1, 0.15) is 11.9 Å². The first kappa shape index (κ1) is 17.3. The molecule has 22 heavy (non-hydrogen) atoms. The summed E-state index contributed by atoms with van der Waals surface area (Å²) in [5, 5.41) is 3.59. The van der Waals surface area contributed by atoms with Crippen molar-refractivity contribution in [3.05, 3.63) is 23.9 Å². The highest BCUT2D eigenvalue weighted by Crippen LogP contribution is 2.25. The fourth-order valence-corrected chi connectivity index (χ4v) is 2.71. The minimum Gasteiger partial charge on any atom is -0.474 e. The summed E-state index contributed by atoms with van der Waals surface area (Å²) in [5.41, 5.74) is 1.08. The number of hydrogen-bond donors (Lipinski definition) is 2. The Labute approximate surface area is 138 Å². The zero-order chi connectivity index (χ0) is 16.1. The second-order valence-corrected chi connectivity index (χ2v) is 7.15. The van der Waals surface area contributed by atoms with Crippen molar-refractivity contribution in [2.45, 2.75) is 64.0 Å². The van der Waals surface area contributed by atoms with E-state index in [-0.39, 0.29) is 17.4 Å². The molecular weight excluding hydrogens is 296 g/mol. The number of thiol groups is 1. The summed E-state index contributed by atoms with van der Waals surface area (Å²) in [6, 6.07) is 4.40. The summed E-state index contributed by atoms with van der Waals surface area (Å²) in [7, 11) is 0. The maximum absolute atomic E-state index is 11.6. The largest absolute Gasteiger partial charge is 0.474 e. The summed E-state index contributed by atoms with van der Waals surface area (Å²) in [4.78, 5) is 16.0. The highest BCUT2D eigenvalue weighted by molar-refractivity contribution is 7.80. The Morgan fingerprint density at radius 1 is 1.41 bits per heavy atom. The third kappa shape index (κ3) is 5.29. The van der Waals surface area contributed by atoms with Crippen LogP contribution < -0.4 is 10.1 Å². The Morgan fingerprint density at radius 3 is 2.68 bits per heavy atom. The molecule has 1 atom stereocenters. The fraction of sp³-hybridized carbons (Fsp3) is 0.647. The van der Waals surface area contributed by atoms with Crippen LogP contribution in [0.1, 0.15) is 45.6 Å². The van der Waals surface area contributed by atoms with E-state index in [0.717, 1.165) is 24.8 Å². The van der Waals surface area contributed by atoms with Crippen LogP contribution in [-0.4, -0.2) is 28.3 Å². The number of carbonyl (C=O) groups excluding carboxylic acids is 1. The van der Waals surface area contributed by atoms with E-state index in [1.165, 1.54) is 0 Å². The predicted octanol–water partition coefficient (Wildman–Crippen LogP) is 3.01. The lowest BCUT2D eigenvalue weighted by Crippen LogP contribution is -2.48. The van der Waals surface area contributed by atoms with Crippen LogP contribution in [0.15, 0.2) is 18.3 Å². The van der Waals surface area contributed by atoms with E-state index in [9.17, 15) is 4.79 Å². The highest BCUT2D eigenvalue weighted by atomic mass is 32.1. The Morgan fingerprint density at radius 2 is 2.14 bits per heavy atom. The number of nitrogens with one attached hydrogen (secondary N) is 1. The summed E-state index contributed by atoms with van der Waals surface area (Å²) in [6.07, 6.45) is 5.38. The molecule has 0 aliphatic heterocycles. The van der Waals surface area contributed by atoms with E-state index in [1.54, 1.807) is 0 Å². The van der Waals surface area contributed by atoms with E-state index in [4.69, 9.17) is 4.74 Å². The van der Waals surface area contributed by atoms with Gasteiger partial charge < -0.3 is 10.1 Å². The molecule has 5 heteroatoms. The molecule has 1 N–H and O–H groups in total. The van der Waals surface area contributed by atoms with Gasteiger partial charge >= 0.3 is 0 Å². The summed E-state index contributed by atoms with van der Waals surface area (Å²) in [6.45, 7) is 5.90. The lowest BCUT2D eigenvalue weighted by molar-refractivity contribution is -0.121. The molecule has 0 aromatic carbocycles. The molecule has 0 saturated heterocycles. The third-order valence-corrected chi connectivity index (χ3v) is 4.11. The van der Waals surface area contributed by atoms with Crippen molar-refractivity contribution in [3.8, 4) is 5.88 Å². The first-order valence-electron chi connectivity index (χ1n) is 8.02. The normalized spacial score (nSPS) is 22.2. The fourth-order valence-electron chi connectivity index (χ4n) is 2.49. The van der Waals surface area contributed by atoms with Gasteiger partial charge in [0.15, 0.2) is 0 Å².